The van der Waals surface area contributed by atoms with E-state index in [1.165, 1.54) is 6.08 Å². The van der Waals surface area contributed by atoms with Gasteiger partial charge in [0.2, 0.25) is 5.91 Å². The third kappa shape index (κ3) is 4.03. The lowest BCUT2D eigenvalue weighted by Crippen LogP contribution is -2.34. The van der Waals surface area contributed by atoms with Gasteiger partial charge in [0.15, 0.2) is 17.6 Å². The lowest BCUT2D eigenvalue weighted by molar-refractivity contribution is -0.122. The summed E-state index contributed by atoms with van der Waals surface area (Å²) in [5.41, 5.74) is 1.78. The van der Waals surface area contributed by atoms with Crippen LogP contribution in [-0.2, 0) is 9.59 Å². The second kappa shape index (κ2) is 7.82. The Morgan fingerprint density at radius 2 is 2.04 bits per heavy atom. The van der Waals surface area contributed by atoms with Crippen LogP contribution in [0.25, 0.3) is 6.08 Å². The number of carbonyl (C=O) groups excluding carboxylic acids is 2. The van der Waals surface area contributed by atoms with Gasteiger partial charge in [-0.15, -0.1) is 0 Å². The highest BCUT2D eigenvalue weighted by molar-refractivity contribution is 6.03. The van der Waals surface area contributed by atoms with Crippen molar-refractivity contribution >= 4 is 29.3 Å². The fourth-order valence-electron chi connectivity index (χ4n) is 2.68. The molecular formula is C20H20N2O5. The predicted octanol–water partition coefficient (Wildman–Crippen LogP) is 3.08. The third-order valence-corrected chi connectivity index (χ3v) is 4.03. The Hall–Kier alpha value is -3.48. The molecule has 0 fully saturated rings. The largest absolute Gasteiger partial charge is 0.493 e. The first-order valence-electron chi connectivity index (χ1n) is 8.33. The molecule has 140 valence electrons. The minimum Gasteiger partial charge on any atom is -0.493 e. The van der Waals surface area contributed by atoms with E-state index in [4.69, 9.17) is 14.2 Å². The van der Waals surface area contributed by atoms with Gasteiger partial charge in [0.05, 0.1) is 19.9 Å². The molecule has 0 saturated heterocycles. The van der Waals surface area contributed by atoms with E-state index in [0.29, 0.717) is 34.2 Å². The number of amides is 2. The zero-order valence-corrected chi connectivity index (χ0v) is 15.2. The van der Waals surface area contributed by atoms with Crippen LogP contribution in [-0.4, -0.2) is 32.1 Å². The summed E-state index contributed by atoms with van der Waals surface area (Å²) in [5, 5.41) is 5.49. The maximum Gasteiger partial charge on any atom is 0.265 e. The van der Waals surface area contributed by atoms with Crippen LogP contribution in [0.15, 0.2) is 42.5 Å². The van der Waals surface area contributed by atoms with E-state index in [1.807, 2.05) is 12.1 Å². The molecule has 0 spiro atoms. The molecule has 0 aromatic heterocycles. The van der Waals surface area contributed by atoms with Crippen LogP contribution in [0.4, 0.5) is 11.4 Å². The van der Waals surface area contributed by atoms with Gasteiger partial charge < -0.3 is 24.8 Å². The van der Waals surface area contributed by atoms with Crippen molar-refractivity contribution in [2.24, 2.45) is 0 Å². The van der Waals surface area contributed by atoms with Crippen molar-refractivity contribution in [1.82, 2.24) is 0 Å². The molecule has 3 rings (SSSR count). The van der Waals surface area contributed by atoms with Crippen molar-refractivity contribution in [3.05, 3.63) is 48.0 Å². The maximum atomic E-state index is 12.2. The average Bonchev–Trinajstić information content (AvgIpc) is 2.67. The van der Waals surface area contributed by atoms with E-state index in [0.717, 1.165) is 0 Å². The number of carbonyl (C=O) groups is 2. The fraction of sp³-hybridized carbons (Fsp3) is 0.200. The van der Waals surface area contributed by atoms with Crippen molar-refractivity contribution in [2.75, 3.05) is 24.9 Å². The molecule has 2 aromatic rings. The van der Waals surface area contributed by atoms with Gasteiger partial charge in [-0.2, -0.15) is 0 Å². The summed E-state index contributed by atoms with van der Waals surface area (Å²) >= 11 is 0. The molecule has 2 aromatic carbocycles. The first-order valence-corrected chi connectivity index (χ1v) is 8.33. The molecule has 1 heterocycles. The molecule has 0 saturated carbocycles. The van der Waals surface area contributed by atoms with Gasteiger partial charge in [-0.1, -0.05) is 12.1 Å². The van der Waals surface area contributed by atoms with Crippen LogP contribution in [0.3, 0.4) is 0 Å². The van der Waals surface area contributed by atoms with E-state index >= 15 is 0 Å². The second-order valence-electron chi connectivity index (χ2n) is 5.87. The average molecular weight is 368 g/mol. The number of hydrogen-bond acceptors (Lipinski definition) is 5. The normalized spacial score (nSPS) is 15.5. The van der Waals surface area contributed by atoms with E-state index in [2.05, 4.69) is 10.6 Å². The summed E-state index contributed by atoms with van der Waals surface area (Å²) in [6, 6.07) is 10.5. The lowest BCUT2D eigenvalue weighted by Gasteiger charge is -2.23. The molecule has 0 aliphatic carbocycles. The van der Waals surface area contributed by atoms with E-state index < -0.39 is 6.10 Å². The topological polar surface area (TPSA) is 85.9 Å². The molecule has 1 aliphatic heterocycles. The van der Waals surface area contributed by atoms with Crippen LogP contribution in [0.5, 0.6) is 17.2 Å². The zero-order valence-electron chi connectivity index (χ0n) is 15.2. The standard InChI is InChI=1S/C20H20N2O5/c1-12-20(24)22-15-11-14(8-9-16(15)27-12)21-18(23)10-7-13-5-4-6-17(25-2)19(13)26-3/h4-12H,1-3H3,(H,21,23)(H,22,24)/b10-7+/t12-/m0/s1. The lowest BCUT2D eigenvalue weighted by atomic mass is 10.1. The van der Waals surface area contributed by atoms with Gasteiger partial charge in [0.1, 0.15) is 5.75 Å². The van der Waals surface area contributed by atoms with Crippen LogP contribution in [0.1, 0.15) is 12.5 Å². The van der Waals surface area contributed by atoms with Crippen molar-refractivity contribution in [1.29, 1.82) is 0 Å². The zero-order chi connectivity index (χ0) is 19.4. The quantitative estimate of drug-likeness (QED) is 0.792. The van der Waals surface area contributed by atoms with E-state index in [1.54, 1.807) is 51.5 Å². The summed E-state index contributed by atoms with van der Waals surface area (Å²) < 4.78 is 16.1. The van der Waals surface area contributed by atoms with Crippen LogP contribution in [0.2, 0.25) is 0 Å². The summed E-state index contributed by atoms with van der Waals surface area (Å²) in [7, 11) is 3.09. The minimum absolute atomic E-state index is 0.226. The summed E-state index contributed by atoms with van der Waals surface area (Å²) in [4.78, 5) is 23.9. The number of nitrogens with one attached hydrogen (secondary N) is 2. The number of para-hydroxylation sites is 1. The SMILES string of the molecule is COc1cccc(/C=C/C(=O)Nc2ccc3c(c2)NC(=O)[C@H](C)O3)c1OC. The van der Waals surface area contributed by atoms with Crippen molar-refractivity contribution in [2.45, 2.75) is 13.0 Å². The highest BCUT2D eigenvalue weighted by Crippen LogP contribution is 2.33. The molecule has 2 amide bonds. The Morgan fingerprint density at radius 1 is 1.22 bits per heavy atom. The first-order chi connectivity index (χ1) is 13.0. The Kier molecular flexibility index (Phi) is 5.30. The fourth-order valence-corrected chi connectivity index (χ4v) is 2.68. The molecular weight excluding hydrogens is 348 g/mol. The molecule has 7 heteroatoms. The second-order valence-corrected chi connectivity index (χ2v) is 5.87. The smallest absolute Gasteiger partial charge is 0.265 e. The highest BCUT2D eigenvalue weighted by atomic mass is 16.5. The van der Waals surface area contributed by atoms with Crippen LogP contribution < -0.4 is 24.8 Å². The molecule has 27 heavy (non-hydrogen) atoms. The van der Waals surface area contributed by atoms with Gasteiger partial charge >= 0.3 is 0 Å². The number of benzene rings is 2. The van der Waals surface area contributed by atoms with E-state index in [-0.39, 0.29) is 11.8 Å². The van der Waals surface area contributed by atoms with Gasteiger partial charge in [0.25, 0.3) is 5.91 Å². The molecule has 2 N–H and O–H groups in total. The van der Waals surface area contributed by atoms with E-state index in [9.17, 15) is 9.59 Å². The summed E-state index contributed by atoms with van der Waals surface area (Å²) in [5.74, 6) is 1.15. The Labute approximate surface area is 156 Å². The monoisotopic (exact) mass is 368 g/mol. The number of ether oxygens (including phenoxy) is 3. The van der Waals surface area contributed by atoms with Crippen molar-refractivity contribution < 1.29 is 23.8 Å². The number of methoxy groups -OCH3 is 2. The van der Waals surface area contributed by atoms with Crippen LogP contribution in [0, 0.1) is 0 Å². The molecule has 1 aliphatic rings. The van der Waals surface area contributed by atoms with Crippen molar-refractivity contribution in [3.63, 3.8) is 0 Å². The Bertz CT molecular complexity index is 907. The Balaban J connectivity index is 1.73. The highest BCUT2D eigenvalue weighted by Gasteiger charge is 2.23. The number of rotatable bonds is 5. The van der Waals surface area contributed by atoms with Gasteiger partial charge in [-0.25, -0.2) is 0 Å². The predicted molar refractivity (Wildman–Crippen MR) is 102 cm³/mol. The van der Waals surface area contributed by atoms with Crippen molar-refractivity contribution in [3.8, 4) is 17.2 Å². The van der Waals surface area contributed by atoms with Gasteiger partial charge in [-0.3, -0.25) is 9.59 Å². The minimum atomic E-state index is -0.543. The number of hydrogen-bond donors (Lipinski definition) is 2. The first kappa shape index (κ1) is 18.3. The molecule has 0 bridgehead atoms. The van der Waals surface area contributed by atoms with Crippen LogP contribution >= 0.6 is 0 Å². The van der Waals surface area contributed by atoms with Gasteiger partial charge in [0, 0.05) is 17.3 Å². The molecule has 1 atom stereocenters. The molecule has 0 unspecified atom stereocenters. The summed E-state index contributed by atoms with van der Waals surface area (Å²) in [6.07, 6.45) is 2.49. The summed E-state index contributed by atoms with van der Waals surface area (Å²) in [6.45, 7) is 1.67. The maximum absolute atomic E-state index is 12.2. The Morgan fingerprint density at radius 3 is 2.78 bits per heavy atom. The molecule has 7 nitrogen and oxygen atoms in total. The molecule has 0 radical (unpaired) electrons. The van der Waals surface area contributed by atoms with Gasteiger partial charge in [-0.05, 0) is 37.3 Å². The third-order valence-electron chi connectivity index (χ3n) is 4.03. The number of anilines is 2. The number of fused-ring (bicyclic) bond motifs is 1.